The summed E-state index contributed by atoms with van der Waals surface area (Å²) in [6.45, 7) is 3.30. The van der Waals surface area contributed by atoms with Gasteiger partial charge in [-0.2, -0.15) is 0 Å². The van der Waals surface area contributed by atoms with Gasteiger partial charge in [0.25, 0.3) is 5.91 Å². The standard InChI is InChI=1S/C21H21N5O2/c1-15-4-2-6-17(10-15)28-20-13-23-11-18(25-20)16-5-3-9-26(14-16)21(27)19-12-22-7-8-24-19/h2,4,6-8,10-13,16H,3,5,9,14H2,1H3/t16-/m1/s1. The summed E-state index contributed by atoms with van der Waals surface area (Å²) in [7, 11) is 0. The largest absolute Gasteiger partial charge is 0.437 e. The summed E-state index contributed by atoms with van der Waals surface area (Å²) in [5.41, 5.74) is 2.32. The number of amides is 1. The zero-order valence-electron chi connectivity index (χ0n) is 15.7. The average molecular weight is 375 g/mol. The number of hydrogen-bond acceptors (Lipinski definition) is 6. The number of benzene rings is 1. The van der Waals surface area contributed by atoms with Crippen molar-refractivity contribution in [1.29, 1.82) is 0 Å². The van der Waals surface area contributed by atoms with Crippen molar-refractivity contribution in [2.45, 2.75) is 25.7 Å². The Bertz CT molecular complexity index is 964. The molecule has 7 heteroatoms. The predicted octanol–water partition coefficient (Wildman–Crippen LogP) is 3.39. The number of carbonyl (C=O) groups is 1. The summed E-state index contributed by atoms with van der Waals surface area (Å²) in [5, 5.41) is 0. The van der Waals surface area contributed by atoms with Crippen LogP contribution < -0.4 is 4.74 Å². The average Bonchev–Trinajstić information content (AvgIpc) is 2.74. The van der Waals surface area contributed by atoms with E-state index >= 15 is 0 Å². The molecule has 0 saturated carbocycles. The maximum Gasteiger partial charge on any atom is 0.274 e. The Balaban J connectivity index is 1.48. The third kappa shape index (κ3) is 4.14. The SMILES string of the molecule is Cc1cccc(Oc2cncc([C@@H]3CCCN(C(=O)c4cnccn4)C3)n2)c1. The fourth-order valence-corrected chi connectivity index (χ4v) is 3.38. The van der Waals surface area contributed by atoms with Crippen molar-refractivity contribution in [2.24, 2.45) is 0 Å². The molecule has 1 aliphatic rings. The molecule has 3 aromatic rings. The number of likely N-dealkylation sites (tertiary alicyclic amines) is 1. The second kappa shape index (κ2) is 8.12. The van der Waals surface area contributed by atoms with E-state index in [1.165, 1.54) is 12.4 Å². The second-order valence-electron chi connectivity index (χ2n) is 6.88. The number of carbonyl (C=O) groups excluding carboxylic acids is 1. The topological polar surface area (TPSA) is 81.1 Å². The lowest BCUT2D eigenvalue weighted by Crippen LogP contribution is -2.39. The van der Waals surface area contributed by atoms with Gasteiger partial charge in [0.05, 0.1) is 18.1 Å². The monoisotopic (exact) mass is 375 g/mol. The van der Waals surface area contributed by atoms with Crippen molar-refractivity contribution in [2.75, 3.05) is 13.1 Å². The fourth-order valence-electron chi connectivity index (χ4n) is 3.38. The highest BCUT2D eigenvalue weighted by Crippen LogP contribution is 2.28. The zero-order chi connectivity index (χ0) is 19.3. The van der Waals surface area contributed by atoms with Crippen LogP contribution >= 0.6 is 0 Å². The van der Waals surface area contributed by atoms with Crippen molar-refractivity contribution >= 4 is 5.91 Å². The first-order valence-electron chi connectivity index (χ1n) is 9.31. The fraction of sp³-hybridized carbons (Fsp3) is 0.286. The summed E-state index contributed by atoms with van der Waals surface area (Å²) in [6.07, 6.45) is 9.81. The van der Waals surface area contributed by atoms with Crippen molar-refractivity contribution in [3.8, 4) is 11.6 Å². The number of rotatable bonds is 4. The van der Waals surface area contributed by atoms with Gasteiger partial charge in [0, 0.05) is 37.6 Å². The first kappa shape index (κ1) is 18.0. The minimum absolute atomic E-state index is 0.0991. The van der Waals surface area contributed by atoms with Crippen LogP contribution in [0.3, 0.4) is 0 Å². The number of aromatic nitrogens is 4. The molecule has 0 bridgehead atoms. The molecule has 1 fully saturated rings. The van der Waals surface area contributed by atoms with Crippen LogP contribution in [-0.4, -0.2) is 43.8 Å². The molecule has 0 N–H and O–H groups in total. The third-order valence-electron chi connectivity index (χ3n) is 4.75. The van der Waals surface area contributed by atoms with Gasteiger partial charge in [-0.15, -0.1) is 0 Å². The zero-order valence-corrected chi connectivity index (χ0v) is 15.7. The smallest absolute Gasteiger partial charge is 0.274 e. The van der Waals surface area contributed by atoms with Crippen molar-refractivity contribution < 1.29 is 9.53 Å². The van der Waals surface area contributed by atoms with Crippen molar-refractivity contribution in [3.63, 3.8) is 0 Å². The number of aryl methyl sites for hydroxylation is 1. The minimum atomic E-state index is -0.0991. The van der Waals surface area contributed by atoms with Gasteiger partial charge in [-0.1, -0.05) is 12.1 Å². The van der Waals surface area contributed by atoms with Crippen LogP contribution in [0.4, 0.5) is 0 Å². The van der Waals surface area contributed by atoms with Crippen molar-refractivity contribution in [1.82, 2.24) is 24.8 Å². The Morgan fingerprint density at radius 3 is 2.93 bits per heavy atom. The molecule has 0 unspecified atom stereocenters. The molecule has 2 aromatic heterocycles. The number of ether oxygens (including phenoxy) is 1. The Morgan fingerprint density at radius 2 is 2.11 bits per heavy atom. The molecule has 1 atom stereocenters. The molecule has 1 aromatic carbocycles. The highest BCUT2D eigenvalue weighted by Gasteiger charge is 2.27. The Morgan fingerprint density at radius 1 is 1.18 bits per heavy atom. The van der Waals surface area contributed by atoms with Crippen LogP contribution in [0.5, 0.6) is 11.6 Å². The number of piperidine rings is 1. The predicted molar refractivity (Wildman–Crippen MR) is 103 cm³/mol. The molecule has 0 aliphatic carbocycles. The van der Waals surface area contributed by atoms with E-state index in [1.807, 2.05) is 36.1 Å². The van der Waals surface area contributed by atoms with Crippen LogP contribution in [0.2, 0.25) is 0 Å². The molecule has 3 heterocycles. The molecule has 142 valence electrons. The molecule has 0 spiro atoms. The quantitative estimate of drug-likeness (QED) is 0.695. The highest BCUT2D eigenvalue weighted by molar-refractivity contribution is 5.92. The molecule has 7 nitrogen and oxygen atoms in total. The molecule has 4 rings (SSSR count). The maximum absolute atomic E-state index is 12.7. The number of nitrogens with zero attached hydrogens (tertiary/aromatic N) is 5. The Hall–Kier alpha value is -3.35. The van der Waals surface area contributed by atoms with Crippen LogP contribution in [0, 0.1) is 6.92 Å². The third-order valence-corrected chi connectivity index (χ3v) is 4.75. The lowest BCUT2D eigenvalue weighted by Gasteiger charge is -2.32. The van der Waals surface area contributed by atoms with Gasteiger partial charge < -0.3 is 9.64 Å². The molecular formula is C21H21N5O2. The normalized spacial score (nSPS) is 16.6. The minimum Gasteiger partial charge on any atom is -0.437 e. The van der Waals surface area contributed by atoms with Crippen LogP contribution in [0.1, 0.15) is 40.5 Å². The summed E-state index contributed by atoms with van der Waals surface area (Å²) >= 11 is 0. The van der Waals surface area contributed by atoms with E-state index in [0.717, 1.165) is 29.8 Å². The highest BCUT2D eigenvalue weighted by atomic mass is 16.5. The van der Waals surface area contributed by atoms with E-state index < -0.39 is 0 Å². The molecular weight excluding hydrogens is 354 g/mol. The van der Waals surface area contributed by atoms with E-state index in [1.54, 1.807) is 18.6 Å². The second-order valence-corrected chi connectivity index (χ2v) is 6.88. The van der Waals surface area contributed by atoms with Gasteiger partial charge in [-0.25, -0.2) is 9.97 Å². The van der Waals surface area contributed by atoms with Crippen LogP contribution in [0.25, 0.3) is 0 Å². The van der Waals surface area contributed by atoms with Crippen molar-refractivity contribution in [3.05, 3.63) is 72.2 Å². The first-order valence-corrected chi connectivity index (χ1v) is 9.31. The van der Waals surface area contributed by atoms with E-state index in [0.29, 0.717) is 24.7 Å². The summed E-state index contributed by atoms with van der Waals surface area (Å²) in [4.78, 5) is 31.5. The first-order chi connectivity index (χ1) is 13.7. The van der Waals surface area contributed by atoms with E-state index in [2.05, 4.69) is 19.9 Å². The van der Waals surface area contributed by atoms with Gasteiger partial charge in [-0.05, 0) is 37.5 Å². The molecule has 1 aliphatic heterocycles. The Kier molecular flexibility index (Phi) is 5.23. The lowest BCUT2D eigenvalue weighted by atomic mass is 9.95. The molecule has 28 heavy (non-hydrogen) atoms. The van der Waals surface area contributed by atoms with Gasteiger partial charge in [-0.3, -0.25) is 14.8 Å². The van der Waals surface area contributed by atoms with Crippen LogP contribution in [0.15, 0.2) is 55.2 Å². The molecule has 0 radical (unpaired) electrons. The lowest BCUT2D eigenvalue weighted by molar-refractivity contribution is 0.0699. The van der Waals surface area contributed by atoms with Gasteiger partial charge >= 0.3 is 0 Å². The van der Waals surface area contributed by atoms with Gasteiger partial charge in [0.2, 0.25) is 5.88 Å². The van der Waals surface area contributed by atoms with Crippen LogP contribution in [-0.2, 0) is 0 Å². The van der Waals surface area contributed by atoms with E-state index in [4.69, 9.17) is 4.74 Å². The van der Waals surface area contributed by atoms with Gasteiger partial charge in [0.1, 0.15) is 11.4 Å². The van der Waals surface area contributed by atoms with E-state index in [-0.39, 0.29) is 11.8 Å². The maximum atomic E-state index is 12.7. The molecule has 1 saturated heterocycles. The Labute approximate surface area is 163 Å². The molecule has 1 amide bonds. The summed E-state index contributed by atoms with van der Waals surface area (Å²) in [6, 6.07) is 7.80. The van der Waals surface area contributed by atoms with Gasteiger partial charge in [0.15, 0.2) is 0 Å². The summed E-state index contributed by atoms with van der Waals surface area (Å²) < 4.78 is 5.86. The van der Waals surface area contributed by atoms with E-state index in [9.17, 15) is 4.79 Å². The number of hydrogen-bond donors (Lipinski definition) is 0. The summed E-state index contributed by atoms with van der Waals surface area (Å²) in [5.74, 6) is 1.20.